The van der Waals surface area contributed by atoms with Gasteiger partial charge in [-0.1, -0.05) is 48.5 Å². The highest BCUT2D eigenvalue weighted by Crippen LogP contribution is 2.20. The smallest absolute Gasteiger partial charge is 0.290 e. The van der Waals surface area contributed by atoms with Gasteiger partial charge in [0.15, 0.2) is 5.82 Å². The molecule has 0 fully saturated rings. The Morgan fingerprint density at radius 3 is 2.40 bits per heavy atom. The van der Waals surface area contributed by atoms with E-state index in [9.17, 15) is 9.90 Å². The lowest BCUT2D eigenvalue weighted by Crippen LogP contribution is -2.27. The SMILES string of the molecule is CC(O)CCNC(=O)c1nc(-c2ccccc2)n(-c2ccccc2)n1. The van der Waals surface area contributed by atoms with Gasteiger partial charge in [0.05, 0.1) is 11.8 Å². The molecule has 0 aliphatic carbocycles. The van der Waals surface area contributed by atoms with Gasteiger partial charge >= 0.3 is 0 Å². The Labute approximate surface area is 146 Å². The van der Waals surface area contributed by atoms with Crippen LogP contribution in [0.1, 0.15) is 24.0 Å². The third-order valence-electron chi connectivity index (χ3n) is 3.69. The van der Waals surface area contributed by atoms with Crippen LogP contribution in [0.3, 0.4) is 0 Å². The van der Waals surface area contributed by atoms with E-state index in [0.717, 1.165) is 11.3 Å². The zero-order chi connectivity index (χ0) is 17.6. The van der Waals surface area contributed by atoms with Gasteiger partial charge < -0.3 is 10.4 Å². The molecule has 3 rings (SSSR count). The minimum absolute atomic E-state index is 0.105. The van der Waals surface area contributed by atoms with Crippen molar-refractivity contribution in [2.24, 2.45) is 0 Å². The van der Waals surface area contributed by atoms with Gasteiger partial charge in [-0.15, -0.1) is 5.10 Å². The third-order valence-corrected chi connectivity index (χ3v) is 3.69. The van der Waals surface area contributed by atoms with Gasteiger partial charge in [0.2, 0.25) is 5.82 Å². The fourth-order valence-electron chi connectivity index (χ4n) is 2.41. The molecule has 0 saturated heterocycles. The highest BCUT2D eigenvalue weighted by molar-refractivity contribution is 5.91. The van der Waals surface area contributed by atoms with Crippen molar-refractivity contribution in [1.29, 1.82) is 0 Å². The zero-order valence-electron chi connectivity index (χ0n) is 14.0. The van der Waals surface area contributed by atoms with E-state index < -0.39 is 6.10 Å². The van der Waals surface area contributed by atoms with Crippen molar-refractivity contribution in [2.75, 3.05) is 6.54 Å². The molecule has 2 N–H and O–H groups in total. The molecule has 1 unspecified atom stereocenters. The number of aliphatic hydroxyl groups excluding tert-OH is 1. The van der Waals surface area contributed by atoms with Crippen LogP contribution in [0.5, 0.6) is 0 Å². The fourth-order valence-corrected chi connectivity index (χ4v) is 2.41. The molecule has 1 aromatic heterocycles. The molecular weight excluding hydrogens is 316 g/mol. The maximum Gasteiger partial charge on any atom is 0.290 e. The Hall–Kier alpha value is -2.99. The number of nitrogens with one attached hydrogen (secondary N) is 1. The second-order valence-corrected chi connectivity index (χ2v) is 5.77. The minimum atomic E-state index is -0.463. The number of carbonyl (C=O) groups excluding carboxylic acids is 1. The molecule has 0 saturated carbocycles. The van der Waals surface area contributed by atoms with Crippen molar-refractivity contribution in [1.82, 2.24) is 20.1 Å². The van der Waals surface area contributed by atoms with Crippen LogP contribution in [-0.4, -0.2) is 38.4 Å². The summed E-state index contributed by atoms with van der Waals surface area (Å²) >= 11 is 0. The molecule has 1 amide bonds. The first kappa shape index (κ1) is 16.9. The first-order valence-corrected chi connectivity index (χ1v) is 8.19. The van der Waals surface area contributed by atoms with Crippen LogP contribution in [0, 0.1) is 0 Å². The number of rotatable bonds is 6. The van der Waals surface area contributed by atoms with Crippen LogP contribution in [0.2, 0.25) is 0 Å². The van der Waals surface area contributed by atoms with Crippen LogP contribution < -0.4 is 5.32 Å². The van der Waals surface area contributed by atoms with E-state index in [2.05, 4.69) is 15.4 Å². The van der Waals surface area contributed by atoms with Gasteiger partial charge in [-0.05, 0) is 25.5 Å². The van der Waals surface area contributed by atoms with Crippen molar-refractivity contribution in [2.45, 2.75) is 19.4 Å². The van der Waals surface area contributed by atoms with E-state index in [1.807, 2.05) is 60.7 Å². The summed E-state index contributed by atoms with van der Waals surface area (Å²) in [6, 6.07) is 19.2. The maximum atomic E-state index is 12.3. The number of para-hydroxylation sites is 1. The number of amides is 1. The van der Waals surface area contributed by atoms with E-state index in [0.29, 0.717) is 18.8 Å². The summed E-state index contributed by atoms with van der Waals surface area (Å²) in [4.78, 5) is 16.8. The molecule has 2 aromatic carbocycles. The fraction of sp³-hybridized carbons (Fsp3) is 0.211. The number of aromatic nitrogens is 3. The number of hydrogen-bond donors (Lipinski definition) is 2. The van der Waals surface area contributed by atoms with Gasteiger partial charge in [-0.25, -0.2) is 9.67 Å². The average molecular weight is 336 g/mol. The predicted molar refractivity (Wildman–Crippen MR) is 95.4 cm³/mol. The van der Waals surface area contributed by atoms with Gasteiger partial charge in [-0.3, -0.25) is 4.79 Å². The number of aliphatic hydroxyl groups is 1. The number of benzene rings is 2. The highest BCUT2D eigenvalue weighted by Gasteiger charge is 2.18. The summed E-state index contributed by atoms with van der Waals surface area (Å²) in [5, 5.41) is 16.4. The van der Waals surface area contributed by atoms with Gasteiger partial charge in [0.25, 0.3) is 5.91 Å². The Bertz CT molecular complexity index is 772. The predicted octanol–water partition coefficient (Wildman–Crippen LogP) is 2.44. The lowest BCUT2D eigenvalue weighted by molar-refractivity contribution is 0.0935. The molecule has 0 aliphatic rings. The molecule has 6 nitrogen and oxygen atoms in total. The molecule has 25 heavy (non-hydrogen) atoms. The Kier molecular flexibility index (Phi) is 5.20. The summed E-state index contributed by atoms with van der Waals surface area (Å²) in [6.45, 7) is 2.05. The van der Waals surface area contributed by atoms with Crippen molar-refractivity contribution < 1.29 is 9.90 Å². The summed E-state index contributed by atoms with van der Waals surface area (Å²) < 4.78 is 1.67. The van der Waals surface area contributed by atoms with E-state index in [4.69, 9.17) is 0 Å². The Morgan fingerprint density at radius 2 is 1.76 bits per heavy atom. The lowest BCUT2D eigenvalue weighted by atomic mass is 10.2. The number of carbonyl (C=O) groups is 1. The lowest BCUT2D eigenvalue weighted by Gasteiger charge is -2.05. The van der Waals surface area contributed by atoms with Crippen LogP contribution in [0.4, 0.5) is 0 Å². The molecule has 3 aromatic rings. The first-order chi connectivity index (χ1) is 12.1. The quantitative estimate of drug-likeness (QED) is 0.724. The summed E-state index contributed by atoms with van der Waals surface area (Å²) in [7, 11) is 0. The van der Waals surface area contributed by atoms with Crippen LogP contribution >= 0.6 is 0 Å². The molecule has 0 radical (unpaired) electrons. The molecule has 128 valence electrons. The number of hydrogen-bond acceptors (Lipinski definition) is 4. The molecule has 0 aliphatic heterocycles. The maximum absolute atomic E-state index is 12.3. The number of nitrogens with zero attached hydrogens (tertiary/aromatic N) is 3. The largest absolute Gasteiger partial charge is 0.393 e. The van der Waals surface area contributed by atoms with Gasteiger partial charge in [0.1, 0.15) is 0 Å². The summed E-state index contributed by atoms with van der Waals surface area (Å²) in [5.74, 6) is 0.355. The molecule has 1 atom stereocenters. The third kappa shape index (κ3) is 4.10. The minimum Gasteiger partial charge on any atom is -0.393 e. The van der Waals surface area contributed by atoms with Crippen molar-refractivity contribution in [3.8, 4) is 17.1 Å². The topological polar surface area (TPSA) is 80.0 Å². The standard InChI is InChI=1S/C19H20N4O2/c1-14(24)12-13-20-19(25)17-21-18(15-8-4-2-5-9-15)23(22-17)16-10-6-3-7-11-16/h2-11,14,24H,12-13H2,1H3,(H,20,25). The monoisotopic (exact) mass is 336 g/mol. The second-order valence-electron chi connectivity index (χ2n) is 5.77. The van der Waals surface area contributed by atoms with E-state index in [-0.39, 0.29) is 11.7 Å². The van der Waals surface area contributed by atoms with E-state index in [1.54, 1.807) is 11.6 Å². The molecule has 6 heteroatoms. The van der Waals surface area contributed by atoms with Crippen molar-refractivity contribution in [3.05, 3.63) is 66.5 Å². The average Bonchev–Trinajstić information content (AvgIpc) is 3.08. The van der Waals surface area contributed by atoms with E-state index >= 15 is 0 Å². The van der Waals surface area contributed by atoms with Crippen LogP contribution in [0.25, 0.3) is 17.1 Å². The molecule has 0 spiro atoms. The normalized spacial score (nSPS) is 11.9. The zero-order valence-corrected chi connectivity index (χ0v) is 14.0. The highest BCUT2D eigenvalue weighted by atomic mass is 16.3. The summed E-state index contributed by atoms with van der Waals surface area (Å²) in [5.41, 5.74) is 1.71. The first-order valence-electron chi connectivity index (χ1n) is 8.19. The second kappa shape index (κ2) is 7.72. The summed E-state index contributed by atoms with van der Waals surface area (Å²) in [6.07, 6.45) is 0.0199. The van der Waals surface area contributed by atoms with E-state index in [1.165, 1.54) is 0 Å². The van der Waals surface area contributed by atoms with Gasteiger partial charge in [0, 0.05) is 12.1 Å². The van der Waals surface area contributed by atoms with Crippen LogP contribution in [0.15, 0.2) is 60.7 Å². The van der Waals surface area contributed by atoms with Crippen molar-refractivity contribution in [3.63, 3.8) is 0 Å². The van der Waals surface area contributed by atoms with Crippen molar-refractivity contribution >= 4 is 5.91 Å². The molecular formula is C19H20N4O2. The van der Waals surface area contributed by atoms with Gasteiger partial charge in [-0.2, -0.15) is 0 Å². The van der Waals surface area contributed by atoms with Crippen LogP contribution in [-0.2, 0) is 0 Å². The Balaban J connectivity index is 1.94. The Morgan fingerprint density at radius 1 is 1.12 bits per heavy atom. The molecule has 1 heterocycles. The molecule has 0 bridgehead atoms.